The fraction of sp³-hybridized carbons (Fsp3) is 0.310. The van der Waals surface area contributed by atoms with Gasteiger partial charge in [-0.05, 0) is 57.2 Å². The Morgan fingerprint density at radius 2 is 1.71 bits per heavy atom. The normalized spacial score (nSPS) is 15.0. The van der Waals surface area contributed by atoms with E-state index in [0.29, 0.717) is 11.5 Å². The van der Waals surface area contributed by atoms with Gasteiger partial charge in [-0.15, -0.1) is 0 Å². The second kappa shape index (κ2) is 8.45. The van der Waals surface area contributed by atoms with Gasteiger partial charge in [0.15, 0.2) is 5.58 Å². The lowest BCUT2D eigenvalue weighted by atomic mass is 9.69. The van der Waals surface area contributed by atoms with Crippen LogP contribution in [-0.4, -0.2) is 33.7 Å². The van der Waals surface area contributed by atoms with Crippen LogP contribution in [0, 0.1) is 0 Å². The van der Waals surface area contributed by atoms with E-state index in [1.165, 1.54) is 0 Å². The maximum atomic E-state index is 12.3. The van der Waals surface area contributed by atoms with Crippen molar-refractivity contribution in [2.45, 2.75) is 51.1 Å². The zero-order valence-electron chi connectivity index (χ0n) is 20.5. The SMILES string of the molecule is COc1nccc2c(-c3ccccc3)c(-c3ccc(C4(N(C(=O)O)C(C)(C)C)CCC4)cc3)oc12. The van der Waals surface area contributed by atoms with E-state index in [2.05, 4.69) is 17.1 Å². The quantitative estimate of drug-likeness (QED) is 0.330. The number of amides is 1. The lowest BCUT2D eigenvalue weighted by Crippen LogP contribution is -2.60. The van der Waals surface area contributed by atoms with Crippen LogP contribution < -0.4 is 4.74 Å². The van der Waals surface area contributed by atoms with Crippen molar-refractivity contribution < 1.29 is 19.1 Å². The standard InChI is InChI=1S/C29H30N2O4/c1-28(2,3)31(27(32)33)29(16-8-17-29)21-13-11-20(12-14-21)24-23(19-9-6-5-7-10-19)22-15-18-30-26(34-4)25(22)35-24/h5-7,9-15,18H,8,16-17H2,1-4H3,(H,32,33). The number of aromatic nitrogens is 1. The fourth-order valence-electron chi connectivity index (χ4n) is 5.44. The molecule has 0 unspecified atom stereocenters. The average Bonchev–Trinajstić information content (AvgIpc) is 3.20. The summed E-state index contributed by atoms with van der Waals surface area (Å²) >= 11 is 0. The Kier molecular flexibility index (Phi) is 5.55. The molecule has 1 saturated carbocycles. The topological polar surface area (TPSA) is 75.8 Å². The van der Waals surface area contributed by atoms with Crippen molar-refractivity contribution in [1.82, 2.24) is 9.88 Å². The number of methoxy groups -OCH3 is 1. The molecule has 1 fully saturated rings. The summed E-state index contributed by atoms with van der Waals surface area (Å²) in [5, 5.41) is 11.0. The Morgan fingerprint density at radius 3 is 2.26 bits per heavy atom. The number of rotatable bonds is 5. The van der Waals surface area contributed by atoms with Crippen molar-refractivity contribution in [1.29, 1.82) is 0 Å². The molecule has 35 heavy (non-hydrogen) atoms. The number of fused-ring (bicyclic) bond motifs is 1. The van der Waals surface area contributed by atoms with Crippen LogP contribution >= 0.6 is 0 Å². The lowest BCUT2D eigenvalue weighted by Gasteiger charge is -2.54. The second-order valence-corrected chi connectivity index (χ2v) is 10.1. The zero-order chi connectivity index (χ0) is 24.8. The molecule has 2 aromatic carbocycles. The van der Waals surface area contributed by atoms with E-state index in [9.17, 15) is 9.90 Å². The zero-order valence-corrected chi connectivity index (χ0v) is 20.5. The van der Waals surface area contributed by atoms with Crippen LogP contribution in [0.25, 0.3) is 33.4 Å². The van der Waals surface area contributed by atoms with Crippen molar-refractivity contribution in [3.05, 3.63) is 72.4 Å². The van der Waals surface area contributed by atoms with Gasteiger partial charge in [-0.2, -0.15) is 0 Å². The minimum absolute atomic E-state index is 0.443. The summed E-state index contributed by atoms with van der Waals surface area (Å²) in [4.78, 5) is 18.2. The largest absolute Gasteiger partial charge is 0.478 e. The first kappa shape index (κ1) is 23.0. The number of nitrogens with zero attached hydrogens (tertiary/aromatic N) is 2. The first-order valence-electron chi connectivity index (χ1n) is 11.9. The highest BCUT2D eigenvalue weighted by atomic mass is 16.5. The summed E-state index contributed by atoms with van der Waals surface area (Å²) in [7, 11) is 1.59. The van der Waals surface area contributed by atoms with Gasteiger partial charge in [0.05, 0.1) is 12.6 Å². The van der Waals surface area contributed by atoms with Crippen molar-refractivity contribution in [3.63, 3.8) is 0 Å². The molecule has 2 aromatic heterocycles. The predicted octanol–water partition coefficient (Wildman–Crippen LogP) is 7.33. The van der Waals surface area contributed by atoms with E-state index in [-0.39, 0.29) is 0 Å². The third kappa shape index (κ3) is 3.73. The van der Waals surface area contributed by atoms with E-state index >= 15 is 0 Å². The Morgan fingerprint density at radius 1 is 1.03 bits per heavy atom. The summed E-state index contributed by atoms with van der Waals surface area (Å²) < 4.78 is 11.8. The number of carbonyl (C=O) groups is 1. The Labute approximate surface area is 205 Å². The molecule has 4 aromatic rings. The molecule has 0 bridgehead atoms. The number of benzene rings is 2. The minimum atomic E-state index is -0.885. The molecule has 5 rings (SSSR count). The highest BCUT2D eigenvalue weighted by Crippen LogP contribution is 2.50. The molecule has 6 nitrogen and oxygen atoms in total. The molecular weight excluding hydrogens is 440 g/mol. The van der Waals surface area contributed by atoms with Gasteiger partial charge in [0.25, 0.3) is 5.88 Å². The van der Waals surface area contributed by atoms with Crippen LogP contribution in [0.1, 0.15) is 45.6 Å². The Bertz CT molecular complexity index is 1360. The summed E-state index contributed by atoms with van der Waals surface area (Å²) in [5.74, 6) is 1.18. The first-order chi connectivity index (χ1) is 16.8. The molecular formula is C29H30N2O4. The van der Waals surface area contributed by atoms with Crippen LogP contribution in [0.4, 0.5) is 4.79 Å². The minimum Gasteiger partial charge on any atom is -0.478 e. The molecule has 180 valence electrons. The van der Waals surface area contributed by atoms with E-state index in [1.807, 2.05) is 69.3 Å². The van der Waals surface area contributed by atoms with Crippen molar-refractivity contribution in [3.8, 4) is 28.3 Å². The highest BCUT2D eigenvalue weighted by molar-refractivity contribution is 6.03. The molecule has 0 saturated heterocycles. The number of carboxylic acid groups (broad SMARTS) is 1. The summed E-state index contributed by atoms with van der Waals surface area (Å²) in [6, 6.07) is 20.2. The third-order valence-corrected chi connectivity index (χ3v) is 6.98. The first-order valence-corrected chi connectivity index (χ1v) is 11.9. The third-order valence-electron chi connectivity index (χ3n) is 6.98. The monoisotopic (exact) mass is 470 g/mol. The van der Waals surface area contributed by atoms with E-state index in [4.69, 9.17) is 9.15 Å². The number of hydrogen-bond acceptors (Lipinski definition) is 4. The van der Waals surface area contributed by atoms with E-state index in [1.54, 1.807) is 18.2 Å². The van der Waals surface area contributed by atoms with Crippen molar-refractivity contribution >= 4 is 17.1 Å². The molecule has 1 amide bonds. The van der Waals surface area contributed by atoms with Gasteiger partial charge >= 0.3 is 6.09 Å². The molecule has 0 spiro atoms. The van der Waals surface area contributed by atoms with Gasteiger partial charge in [-0.1, -0.05) is 54.6 Å². The molecule has 1 N–H and O–H groups in total. The Balaban J connectivity index is 1.64. The fourth-order valence-corrected chi connectivity index (χ4v) is 5.44. The molecule has 1 aliphatic carbocycles. The lowest BCUT2D eigenvalue weighted by molar-refractivity contribution is -0.0328. The highest BCUT2D eigenvalue weighted by Gasteiger charge is 2.50. The van der Waals surface area contributed by atoms with Crippen LogP contribution in [0.15, 0.2) is 71.3 Å². The van der Waals surface area contributed by atoms with Gasteiger partial charge in [0, 0.05) is 28.2 Å². The van der Waals surface area contributed by atoms with Gasteiger partial charge in [0.2, 0.25) is 0 Å². The number of pyridine rings is 1. The van der Waals surface area contributed by atoms with Crippen LogP contribution in [0.2, 0.25) is 0 Å². The number of hydrogen-bond donors (Lipinski definition) is 1. The maximum absolute atomic E-state index is 12.3. The van der Waals surface area contributed by atoms with E-state index < -0.39 is 17.2 Å². The molecule has 0 radical (unpaired) electrons. The average molecular weight is 471 g/mol. The molecule has 0 aliphatic heterocycles. The van der Waals surface area contributed by atoms with Gasteiger partial charge in [-0.25, -0.2) is 9.78 Å². The van der Waals surface area contributed by atoms with Crippen molar-refractivity contribution in [2.75, 3.05) is 7.11 Å². The number of ether oxygens (including phenoxy) is 1. The summed E-state index contributed by atoms with van der Waals surface area (Å²) in [5.41, 5.74) is 3.54. The number of furan rings is 1. The van der Waals surface area contributed by atoms with Crippen LogP contribution in [0.3, 0.4) is 0 Å². The summed E-state index contributed by atoms with van der Waals surface area (Å²) in [6.45, 7) is 5.87. The van der Waals surface area contributed by atoms with Crippen molar-refractivity contribution in [2.24, 2.45) is 0 Å². The van der Waals surface area contributed by atoms with Gasteiger partial charge in [0.1, 0.15) is 5.76 Å². The second-order valence-electron chi connectivity index (χ2n) is 10.1. The predicted molar refractivity (Wildman–Crippen MR) is 137 cm³/mol. The maximum Gasteiger partial charge on any atom is 0.408 e. The van der Waals surface area contributed by atoms with Crippen LogP contribution in [0.5, 0.6) is 5.88 Å². The molecule has 6 heteroatoms. The molecule has 2 heterocycles. The summed E-state index contributed by atoms with van der Waals surface area (Å²) in [6.07, 6.45) is 3.49. The van der Waals surface area contributed by atoms with Gasteiger partial charge in [-0.3, -0.25) is 4.90 Å². The smallest absolute Gasteiger partial charge is 0.408 e. The van der Waals surface area contributed by atoms with Gasteiger partial charge < -0.3 is 14.3 Å². The Hall–Kier alpha value is -3.80. The molecule has 1 aliphatic rings. The van der Waals surface area contributed by atoms with Crippen LogP contribution in [-0.2, 0) is 5.54 Å². The van der Waals surface area contributed by atoms with E-state index in [0.717, 1.165) is 52.7 Å². The molecule has 0 atom stereocenters.